The molecule has 0 heterocycles. The molecule has 1 aromatic carbocycles. The van der Waals surface area contributed by atoms with Crippen LogP contribution in [0.25, 0.3) is 0 Å². The van der Waals surface area contributed by atoms with Gasteiger partial charge < -0.3 is 0 Å². The molecule has 0 saturated carbocycles. The van der Waals surface area contributed by atoms with E-state index < -0.39 is 0 Å². The van der Waals surface area contributed by atoms with Crippen LogP contribution in [0.3, 0.4) is 0 Å². The topological polar surface area (TPSA) is 0 Å². The Hall–Kier alpha value is -0.560. The van der Waals surface area contributed by atoms with Gasteiger partial charge in [0.05, 0.1) is 0 Å². The van der Waals surface area contributed by atoms with E-state index in [0.717, 1.165) is 11.8 Å². The maximum absolute atomic E-state index is 3.81. The first-order valence-corrected chi connectivity index (χ1v) is 5.71. The standard InChI is InChI=1S/C12H15Br/c1-2-11(10-13)8-9-12-6-4-3-5-7-12/h2-7,11H,1,8-10H2. The molecule has 0 aromatic heterocycles. The van der Waals surface area contributed by atoms with Gasteiger partial charge in [0.15, 0.2) is 0 Å². The Morgan fingerprint density at radius 1 is 1.31 bits per heavy atom. The summed E-state index contributed by atoms with van der Waals surface area (Å²) in [5.74, 6) is 0.597. The molecule has 1 aromatic rings. The zero-order valence-corrected chi connectivity index (χ0v) is 9.33. The number of hydrogen-bond acceptors (Lipinski definition) is 0. The minimum atomic E-state index is 0.597. The highest BCUT2D eigenvalue weighted by Crippen LogP contribution is 2.12. The number of hydrogen-bond donors (Lipinski definition) is 0. The van der Waals surface area contributed by atoms with E-state index in [1.807, 2.05) is 6.08 Å². The van der Waals surface area contributed by atoms with Crippen LogP contribution < -0.4 is 0 Å². The molecule has 13 heavy (non-hydrogen) atoms. The van der Waals surface area contributed by atoms with Crippen molar-refractivity contribution >= 4 is 15.9 Å². The van der Waals surface area contributed by atoms with Crippen molar-refractivity contribution in [3.63, 3.8) is 0 Å². The van der Waals surface area contributed by atoms with Crippen LogP contribution in [0.5, 0.6) is 0 Å². The van der Waals surface area contributed by atoms with Crippen LogP contribution in [0.1, 0.15) is 12.0 Å². The molecule has 0 N–H and O–H groups in total. The number of allylic oxidation sites excluding steroid dienone is 1. The van der Waals surface area contributed by atoms with E-state index in [1.165, 1.54) is 12.0 Å². The van der Waals surface area contributed by atoms with E-state index in [9.17, 15) is 0 Å². The van der Waals surface area contributed by atoms with Gasteiger partial charge in [-0.15, -0.1) is 6.58 Å². The molecule has 0 amide bonds. The van der Waals surface area contributed by atoms with Crippen LogP contribution in [0.2, 0.25) is 0 Å². The minimum absolute atomic E-state index is 0.597. The van der Waals surface area contributed by atoms with Crippen molar-refractivity contribution in [3.8, 4) is 0 Å². The molecule has 70 valence electrons. The molecule has 1 heteroatoms. The quantitative estimate of drug-likeness (QED) is 0.541. The maximum atomic E-state index is 3.81. The molecule has 1 unspecified atom stereocenters. The van der Waals surface area contributed by atoms with E-state index in [4.69, 9.17) is 0 Å². The first kappa shape index (κ1) is 10.5. The van der Waals surface area contributed by atoms with Crippen LogP contribution in [-0.4, -0.2) is 5.33 Å². The van der Waals surface area contributed by atoms with Crippen molar-refractivity contribution in [1.29, 1.82) is 0 Å². The number of aryl methyl sites for hydroxylation is 1. The van der Waals surface area contributed by atoms with E-state index in [-0.39, 0.29) is 0 Å². The Kier molecular flexibility index (Phi) is 4.84. The lowest BCUT2D eigenvalue weighted by atomic mass is 10.0. The Morgan fingerprint density at radius 3 is 2.54 bits per heavy atom. The number of alkyl halides is 1. The highest BCUT2D eigenvalue weighted by Gasteiger charge is 2.01. The van der Waals surface area contributed by atoms with Crippen molar-refractivity contribution in [2.75, 3.05) is 5.33 Å². The average molecular weight is 239 g/mol. The summed E-state index contributed by atoms with van der Waals surface area (Å²) in [7, 11) is 0. The van der Waals surface area contributed by atoms with Gasteiger partial charge in [-0.2, -0.15) is 0 Å². The lowest BCUT2D eigenvalue weighted by Gasteiger charge is -2.07. The Balaban J connectivity index is 2.38. The summed E-state index contributed by atoms with van der Waals surface area (Å²) >= 11 is 3.48. The Labute approximate surface area is 88.8 Å². The maximum Gasteiger partial charge on any atom is 0.00943 e. The van der Waals surface area contributed by atoms with Crippen LogP contribution in [0.15, 0.2) is 43.0 Å². The second kappa shape index (κ2) is 5.98. The van der Waals surface area contributed by atoms with Gasteiger partial charge in [0, 0.05) is 5.33 Å². The van der Waals surface area contributed by atoms with E-state index in [1.54, 1.807) is 0 Å². The average Bonchev–Trinajstić information content (AvgIpc) is 2.21. The van der Waals surface area contributed by atoms with Crippen molar-refractivity contribution in [2.45, 2.75) is 12.8 Å². The third-order valence-electron chi connectivity index (χ3n) is 2.18. The van der Waals surface area contributed by atoms with Gasteiger partial charge in [-0.25, -0.2) is 0 Å². The molecule has 0 fully saturated rings. The monoisotopic (exact) mass is 238 g/mol. The smallest absolute Gasteiger partial charge is 0.00943 e. The molecule has 0 aliphatic carbocycles. The highest BCUT2D eigenvalue weighted by atomic mass is 79.9. The third kappa shape index (κ3) is 3.77. The predicted octanol–water partition coefficient (Wildman–Crippen LogP) is 3.82. The normalized spacial score (nSPS) is 12.4. The van der Waals surface area contributed by atoms with Crippen LogP contribution in [0.4, 0.5) is 0 Å². The molecule has 0 spiro atoms. The fraction of sp³-hybridized carbons (Fsp3) is 0.333. The van der Waals surface area contributed by atoms with E-state index >= 15 is 0 Å². The molecule has 0 saturated heterocycles. The van der Waals surface area contributed by atoms with Gasteiger partial charge in [-0.3, -0.25) is 0 Å². The second-order valence-electron chi connectivity index (χ2n) is 3.17. The van der Waals surface area contributed by atoms with Crippen molar-refractivity contribution in [3.05, 3.63) is 48.6 Å². The molecule has 0 bridgehead atoms. The van der Waals surface area contributed by atoms with Gasteiger partial charge >= 0.3 is 0 Å². The van der Waals surface area contributed by atoms with Crippen molar-refractivity contribution < 1.29 is 0 Å². The number of rotatable bonds is 5. The van der Waals surface area contributed by atoms with Gasteiger partial charge in [0.2, 0.25) is 0 Å². The minimum Gasteiger partial charge on any atom is -0.103 e. The summed E-state index contributed by atoms with van der Waals surface area (Å²) in [6.45, 7) is 3.81. The fourth-order valence-corrected chi connectivity index (χ4v) is 1.84. The second-order valence-corrected chi connectivity index (χ2v) is 3.82. The molecule has 1 rings (SSSR count). The third-order valence-corrected chi connectivity index (χ3v) is 3.01. The molecule has 0 aliphatic heterocycles. The summed E-state index contributed by atoms with van der Waals surface area (Å²) in [6, 6.07) is 10.6. The molecular weight excluding hydrogens is 224 g/mol. The molecular formula is C12H15Br. The van der Waals surface area contributed by atoms with Gasteiger partial charge in [0.1, 0.15) is 0 Å². The largest absolute Gasteiger partial charge is 0.103 e. The first-order valence-electron chi connectivity index (χ1n) is 4.59. The molecule has 0 aliphatic rings. The van der Waals surface area contributed by atoms with E-state index in [2.05, 4.69) is 52.8 Å². The van der Waals surface area contributed by atoms with Crippen LogP contribution in [-0.2, 0) is 6.42 Å². The Bertz CT molecular complexity index is 241. The van der Waals surface area contributed by atoms with Gasteiger partial charge in [0.25, 0.3) is 0 Å². The molecule has 0 radical (unpaired) electrons. The molecule has 1 atom stereocenters. The summed E-state index contributed by atoms with van der Waals surface area (Å²) in [5.41, 5.74) is 1.41. The first-order chi connectivity index (χ1) is 6.36. The Morgan fingerprint density at radius 2 is 2.00 bits per heavy atom. The SMILES string of the molecule is C=CC(CBr)CCc1ccccc1. The lowest BCUT2D eigenvalue weighted by molar-refractivity contribution is 0.662. The fourth-order valence-electron chi connectivity index (χ4n) is 1.25. The zero-order chi connectivity index (χ0) is 9.52. The molecule has 0 nitrogen and oxygen atoms in total. The summed E-state index contributed by atoms with van der Waals surface area (Å²) < 4.78 is 0. The van der Waals surface area contributed by atoms with Crippen LogP contribution in [0, 0.1) is 5.92 Å². The van der Waals surface area contributed by atoms with Crippen LogP contribution >= 0.6 is 15.9 Å². The summed E-state index contributed by atoms with van der Waals surface area (Å²) in [6.07, 6.45) is 4.35. The van der Waals surface area contributed by atoms with Gasteiger partial charge in [-0.1, -0.05) is 52.3 Å². The predicted molar refractivity (Wildman–Crippen MR) is 62.2 cm³/mol. The number of halogens is 1. The van der Waals surface area contributed by atoms with Gasteiger partial charge in [-0.05, 0) is 24.3 Å². The highest BCUT2D eigenvalue weighted by molar-refractivity contribution is 9.09. The van der Waals surface area contributed by atoms with E-state index in [0.29, 0.717) is 5.92 Å². The van der Waals surface area contributed by atoms with Crippen molar-refractivity contribution in [1.82, 2.24) is 0 Å². The summed E-state index contributed by atoms with van der Waals surface area (Å²) in [4.78, 5) is 0. The zero-order valence-electron chi connectivity index (χ0n) is 7.75. The lowest BCUT2D eigenvalue weighted by Crippen LogP contribution is -1.99. The van der Waals surface area contributed by atoms with Crippen molar-refractivity contribution in [2.24, 2.45) is 5.92 Å². The summed E-state index contributed by atoms with van der Waals surface area (Å²) in [5, 5.41) is 1.02. The number of benzene rings is 1.